The van der Waals surface area contributed by atoms with Crippen LogP contribution in [0.2, 0.25) is 0 Å². The van der Waals surface area contributed by atoms with Crippen LogP contribution in [0.1, 0.15) is 23.2 Å². The Morgan fingerprint density at radius 2 is 1.74 bits per heavy atom. The lowest BCUT2D eigenvalue weighted by Crippen LogP contribution is -2.29. The summed E-state index contributed by atoms with van der Waals surface area (Å²) in [4.78, 5) is 25.9. The highest BCUT2D eigenvalue weighted by Gasteiger charge is 2.31. The van der Waals surface area contributed by atoms with Gasteiger partial charge in [-0.1, -0.05) is 30.4 Å². The fraction of sp³-hybridized carbons (Fsp3) is 0.154. The van der Waals surface area contributed by atoms with Crippen LogP contribution >= 0.6 is 0 Å². The summed E-state index contributed by atoms with van der Waals surface area (Å²) < 4.78 is 55.9. The maximum absolute atomic E-state index is 13.5. The monoisotopic (exact) mass is 484 g/mol. The van der Waals surface area contributed by atoms with Gasteiger partial charge in [-0.3, -0.25) is 14.2 Å². The Bertz CT molecular complexity index is 1340. The van der Waals surface area contributed by atoms with E-state index in [2.05, 4.69) is 10.1 Å². The maximum Gasteiger partial charge on any atom is 0.573 e. The molecule has 0 fully saturated rings. The summed E-state index contributed by atoms with van der Waals surface area (Å²) in [6, 6.07) is 11.3. The number of pyridine rings is 1. The van der Waals surface area contributed by atoms with Gasteiger partial charge in [0.15, 0.2) is 0 Å². The number of carbonyl (C=O) groups is 1. The third-order valence-corrected chi connectivity index (χ3v) is 5.33. The summed E-state index contributed by atoms with van der Waals surface area (Å²) in [5.74, 6) is -1.39. The summed E-state index contributed by atoms with van der Waals surface area (Å²) in [5.41, 5.74) is 1.57. The first-order chi connectivity index (χ1) is 16.7. The smallest absolute Gasteiger partial charge is 0.406 e. The molecular weight excluding hydrogens is 464 g/mol. The van der Waals surface area contributed by atoms with Gasteiger partial charge < -0.3 is 10.1 Å². The number of hydrogen-bond acceptors (Lipinski definition) is 3. The average molecular weight is 484 g/mol. The van der Waals surface area contributed by atoms with Crippen LogP contribution < -0.4 is 15.6 Å². The molecule has 35 heavy (non-hydrogen) atoms. The molecule has 1 N–H and O–H groups in total. The van der Waals surface area contributed by atoms with Gasteiger partial charge in [0.1, 0.15) is 11.6 Å². The van der Waals surface area contributed by atoms with Gasteiger partial charge in [-0.15, -0.1) is 13.2 Å². The summed E-state index contributed by atoms with van der Waals surface area (Å²) >= 11 is 0. The molecule has 1 aliphatic rings. The van der Waals surface area contributed by atoms with Crippen molar-refractivity contribution in [2.45, 2.75) is 19.2 Å². The van der Waals surface area contributed by atoms with Crippen molar-refractivity contribution < 1.29 is 27.1 Å². The standard InChI is InChI=1S/C26H20F4N2O3/c27-19-8-6-18(7-9-19)23-16-32(20-10-12-21(13-11-20)35-26(28,29)30)24(33)14-22(23)25(34)31-15-17-4-2-1-3-5-17/h2,4-14,16H,1,3,15H2,(H,31,34). The van der Waals surface area contributed by atoms with Crippen LogP contribution in [0, 0.1) is 5.82 Å². The van der Waals surface area contributed by atoms with Crippen molar-refractivity contribution in [1.82, 2.24) is 9.88 Å². The zero-order valence-corrected chi connectivity index (χ0v) is 18.3. The Kier molecular flexibility index (Phi) is 6.86. The second-order valence-electron chi connectivity index (χ2n) is 7.80. The molecule has 0 bridgehead atoms. The van der Waals surface area contributed by atoms with Crippen molar-refractivity contribution in [3.05, 3.63) is 106 Å². The molecule has 1 amide bonds. The van der Waals surface area contributed by atoms with E-state index < -0.39 is 29.4 Å². The number of hydrogen-bond donors (Lipinski definition) is 1. The van der Waals surface area contributed by atoms with Crippen LogP contribution in [0.25, 0.3) is 16.8 Å². The van der Waals surface area contributed by atoms with Gasteiger partial charge >= 0.3 is 6.36 Å². The predicted octanol–water partition coefficient (Wildman–Crippen LogP) is 5.55. The van der Waals surface area contributed by atoms with Gasteiger partial charge in [-0.05, 0) is 60.4 Å². The molecule has 9 heteroatoms. The molecule has 0 unspecified atom stereocenters. The van der Waals surface area contributed by atoms with Crippen molar-refractivity contribution in [2.24, 2.45) is 0 Å². The SMILES string of the molecule is O=C(NCC1=CCCC=C1)c1cc(=O)n(-c2ccc(OC(F)(F)F)cc2)cc1-c1ccc(F)cc1. The molecule has 3 aromatic rings. The van der Waals surface area contributed by atoms with E-state index in [0.29, 0.717) is 11.1 Å². The number of allylic oxidation sites excluding steroid dienone is 2. The largest absolute Gasteiger partial charge is 0.573 e. The first-order valence-electron chi connectivity index (χ1n) is 10.7. The topological polar surface area (TPSA) is 60.3 Å². The Balaban J connectivity index is 1.70. The first-order valence-corrected chi connectivity index (χ1v) is 10.7. The van der Waals surface area contributed by atoms with Crippen molar-refractivity contribution in [2.75, 3.05) is 6.54 Å². The number of benzene rings is 2. The molecule has 4 rings (SSSR count). The lowest BCUT2D eigenvalue weighted by atomic mass is 10.0. The van der Waals surface area contributed by atoms with E-state index in [9.17, 15) is 27.2 Å². The first kappa shape index (κ1) is 24.0. The van der Waals surface area contributed by atoms with Crippen molar-refractivity contribution >= 4 is 5.91 Å². The Labute approximate surface area is 198 Å². The minimum Gasteiger partial charge on any atom is -0.406 e. The number of carbonyl (C=O) groups excluding carboxylic acids is 1. The Morgan fingerprint density at radius 3 is 2.37 bits per heavy atom. The summed E-state index contributed by atoms with van der Waals surface area (Å²) in [6.45, 7) is 0.280. The third kappa shape index (κ3) is 6.06. The minimum atomic E-state index is -4.84. The van der Waals surface area contributed by atoms with E-state index in [1.54, 1.807) is 0 Å². The van der Waals surface area contributed by atoms with Crippen LogP contribution in [0.15, 0.2) is 89.4 Å². The quantitative estimate of drug-likeness (QED) is 0.467. The number of amides is 1. The molecule has 1 aromatic heterocycles. The second-order valence-corrected chi connectivity index (χ2v) is 7.80. The lowest BCUT2D eigenvalue weighted by Gasteiger charge is -2.15. The van der Waals surface area contributed by atoms with Crippen LogP contribution in [-0.4, -0.2) is 23.4 Å². The number of alkyl halides is 3. The third-order valence-electron chi connectivity index (χ3n) is 5.33. The average Bonchev–Trinajstić information content (AvgIpc) is 2.83. The zero-order chi connectivity index (χ0) is 25.0. The molecule has 180 valence electrons. The van der Waals surface area contributed by atoms with Crippen molar-refractivity contribution in [3.63, 3.8) is 0 Å². The fourth-order valence-electron chi connectivity index (χ4n) is 3.67. The molecule has 0 saturated carbocycles. The molecule has 1 aliphatic carbocycles. The van der Waals surface area contributed by atoms with Gasteiger partial charge in [-0.2, -0.15) is 0 Å². The molecule has 0 spiro atoms. The van der Waals surface area contributed by atoms with Crippen LogP contribution in [-0.2, 0) is 0 Å². The number of rotatable bonds is 6. The summed E-state index contributed by atoms with van der Waals surface area (Å²) in [5, 5.41) is 2.80. The Morgan fingerprint density at radius 1 is 1.03 bits per heavy atom. The van der Waals surface area contributed by atoms with Gasteiger partial charge in [-0.25, -0.2) is 4.39 Å². The lowest BCUT2D eigenvalue weighted by molar-refractivity contribution is -0.274. The Hall–Kier alpha value is -4.14. The van der Waals surface area contributed by atoms with Gasteiger partial charge in [0.2, 0.25) is 0 Å². The van der Waals surface area contributed by atoms with E-state index >= 15 is 0 Å². The molecule has 0 radical (unpaired) electrons. The number of ether oxygens (including phenoxy) is 1. The van der Waals surface area contributed by atoms with Crippen LogP contribution in [0.3, 0.4) is 0 Å². The fourth-order valence-corrected chi connectivity index (χ4v) is 3.67. The molecule has 5 nitrogen and oxygen atoms in total. The number of nitrogens with zero attached hydrogens (tertiary/aromatic N) is 1. The van der Waals surface area contributed by atoms with Gasteiger partial charge in [0, 0.05) is 30.1 Å². The minimum absolute atomic E-state index is 0.0928. The highest BCUT2D eigenvalue weighted by molar-refractivity contribution is 6.00. The normalized spacial score (nSPS) is 13.3. The van der Waals surface area contributed by atoms with E-state index in [4.69, 9.17) is 0 Å². The second kappa shape index (κ2) is 10.0. The van der Waals surface area contributed by atoms with E-state index in [0.717, 1.165) is 36.6 Å². The van der Waals surface area contributed by atoms with Crippen LogP contribution in [0.5, 0.6) is 5.75 Å². The van der Waals surface area contributed by atoms with Gasteiger partial charge in [0.05, 0.1) is 5.56 Å². The molecule has 0 atom stereocenters. The van der Waals surface area contributed by atoms with E-state index in [1.807, 2.05) is 18.2 Å². The highest BCUT2D eigenvalue weighted by Crippen LogP contribution is 2.26. The number of aromatic nitrogens is 1. The van der Waals surface area contributed by atoms with Crippen molar-refractivity contribution in [1.29, 1.82) is 0 Å². The van der Waals surface area contributed by atoms with E-state index in [-0.39, 0.29) is 17.8 Å². The number of halogens is 4. The summed E-state index contributed by atoms with van der Waals surface area (Å²) in [7, 11) is 0. The molecule has 2 aromatic carbocycles. The predicted molar refractivity (Wildman–Crippen MR) is 123 cm³/mol. The molecule has 0 aliphatic heterocycles. The highest BCUT2D eigenvalue weighted by atomic mass is 19.4. The molecule has 1 heterocycles. The van der Waals surface area contributed by atoms with Crippen molar-refractivity contribution in [3.8, 4) is 22.6 Å². The number of nitrogens with one attached hydrogen (secondary N) is 1. The maximum atomic E-state index is 13.5. The zero-order valence-electron chi connectivity index (χ0n) is 18.3. The van der Waals surface area contributed by atoms with Gasteiger partial charge in [0.25, 0.3) is 11.5 Å². The van der Waals surface area contributed by atoms with E-state index in [1.165, 1.54) is 47.2 Å². The van der Waals surface area contributed by atoms with Crippen LogP contribution in [0.4, 0.5) is 17.6 Å². The molecule has 0 saturated heterocycles. The summed E-state index contributed by atoms with van der Waals surface area (Å²) in [6.07, 6.45) is 4.34. The molecular formula is C26H20F4N2O3.